The van der Waals surface area contributed by atoms with E-state index in [-0.39, 0.29) is 15.2 Å². The summed E-state index contributed by atoms with van der Waals surface area (Å²) in [5.41, 5.74) is 0.159. The Labute approximate surface area is 80.4 Å². The molecule has 0 aliphatic carbocycles. The van der Waals surface area contributed by atoms with Gasteiger partial charge in [0.2, 0.25) is 5.88 Å². The molecule has 72 valence electrons. The summed E-state index contributed by atoms with van der Waals surface area (Å²) in [7, 11) is 0. The normalized spacial score (nSPS) is 10.6. The van der Waals surface area contributed by atoms with Crippen molar-refractivity contribution in [2.45, 2.75) is 0 Å². The number of nitrogens with zero attached hydrogens (tertiary/aromatic N) is 3. The minimum absolute atomic E-state index is 0.157. The second kappa shape index (κ2) is 2.77. The zero-order valence-corrected chi connectivity index (χ0v) is 7.35. The molecule has 0 fully saturated rings. The maximum absolute atomic E-state index is 10.4. The number of thiophene rings is 1. The topological polar surface area (TPSA) is 109 Å². The van der Waals surface area contributed by atoms with Gasteiger partial charge < -0.3 is 10.2 Å². The average molecular weight is 213 g/mol. The highest BCUT2D eigenvalue weighted by Gasteiger charge is 2.16. The third-order valence-electron chi connectivity index (χ3n) is 1.51. The number of aromatic hydroxyl groups is 2. The van der Waals surface area contributed by atoms with Crippen LogP contribution in [0.25, 0.3) is 10.2 Å². The first-order valence-electron chi connectivity index (χ1n) is 3.42. The Morgan fingerprint density at radius 2 is 2.14 bits per heavy atom. The minimum Gasteiger partial charge on any atom is -0.492 e. The van der Waals surface area contributed by atoms with Crippen molar-refractivity contribution in [2.24, 2.45) is 0 Å². The van der Waals surface area contributed by atoms with E-state index in [1.165, 1.54) is 6.07 Å². The predicted octanol–water partition coefficient (Wildman–Crippen LogP) is 1.01. The Morgan fingerprint density at radius 1 is 1.43 bits per heavy atom. The van der Waals surface area contributed by atoms with Crippen LogP contribution in [0.15, 0.2) is 6.07 Å². The maximum Gasteiger partial charge on any atom is 0.327 e. The van der Waals surface area contributed by atoms with Crippen molar-refractivity contribution in [3.05, 3.63) is 16.2 Å². The van der Waals surface area contributed by atoms with Crippen LogP contribution in [0.1, 0.15) is 0 Å². The van der Waals surface area contributed by atoms with Gasteiger partial charge in [0.05, 0.1) is 16.5 Å². The highest BCUT2D eigenvalue weighted by Crippen LogP contribution is 2.35. The van der Waals surface area contributed by atoms with E-state index in [1.54, 1.807) is 0 Å². The van der Waals surface area contributed by atoms with Crippen molar-refractivity contribution in [3.8, 4) is 11.9 Å². The molecular formula is C6H3N3O4S. The quantitative estimate of drug-likeness (QED) is 0.540. The fraction of sp³-hybridized carbons (Fsp3) is 0. The fourth-order valence-corrected chi connectivity index (χ4v) is 1.78. The van der Waals surface area contributed by atoms with Crippen LogP contribution in [0.3, 0.4) is 0 Å². The number of hydrogen-bond acceptors (Lipinski definition) is 7. The minimum atomic E-state index is -0.609. The molecule has 0 aliphatic heterocycles. The SMILES string of the molecule is O=[N+]([O-])c1cc2nc(O)nc(O)c2s1. The van der Waals surface area contributed by atoms with E-state index in [4.69, 9.17) is 5.11 Å². The molecule has 0 spiro atoms. The first-order valence-corrected chi connectivity index (χ1v) is 4.23. The Hall–Kier alpha value is -1.96. The van der Waals surface area contributed by atoms with E-state index in [2.05, 4.69) is 9.97 Å². The van der Waals surface area contributed by atoms with Gasteiger partial charge in [-0.3, -0.25) is 10.1 Å². The lowest BCUT2D eigenvalue weighted by molar-refractivity contribution is -0.380. The van der Waals surface area contributed by atoms with Crippen LogP contribution in [-0.4, -0.2) is 25.1 Å². The second-order valence-electron chi connectivity index (χ2n) is 2.40. The van der Waals surface area contributed by atoms with Gasteiger partial charge in [0.15, 0.2) is 0 Å². The molecule has 14 heavy (non-hydrogen) atoms. The number of rotatable bonds is 1. The summed E-state index contributed by atoms with van der Waals surface area (Å²) >= 11 is 0.756. The first-order chi connectivity index (χ1) is 6.58. The van der Waals surface area contributed by atoms with Crippen LogP contribution in [0.2, 0.25) is 0 Å². The lowest BCUT2D eigenvalue weighted by Crippen LogP contribution is -1.81. The third kappa shape index (κ3) is 1.21. The molecule has 2 heterocycles. The number of fused-ring (bicyclic) bond motifs is 1. The molecule has 0 saturated carbocycles. The smallest absolute Gasteiger partial charge is 0.327 e. The van der Waals surface area contributed by atoms with Crippen LogP contribution in [0, 0.1) is 10.1 Å². The molecule has 0 radical (unpaired) electrons. The van der Waals surface area contributed by atoms with Crippen LogP contribution < -0.4 is 0 Å². The van der Waals surface area contributed by atoms with E-state index < -0.39 is 16.8 Å². The zero-order chi connectivity index (χ0) is 10.3. The van der Waals surface area contributed by atoms with Gasteiger partial charge in [-0.15, -0.1) is 0 Å². The second-order valence-corrected chi connectivity index (χ2v) is 3.43. The van der Waals surface area contributed by atoms with E-state index >= 15 is 0 Å². The van der Waals surface area contributed by atoms with Crippen LogP contribution in [-0.2, 0) is 0 Å². The summed E-state index contributed by atoms with van der Waals surface area (Å²) in [6, 6.07) is 0.559. The molecule has 0 unspecified atom stereocenters. The lowest BCUT2D eigenvalue weighted by Gasteiger charge is -1.92. The van der Waals surface area contributed by atoms with Crippen molar-refractivity contribution >= 4 is 26.6 Å². The van der Waals surface area contributed by atoms with Crippen molar-refractivity contribution in [1.29, 1.82) is 0 Å². The summed E-state index contributed by atoms with van der Waals surface area (Å²) in [4.78, 5) is 16.6. The highest BCUT2D eigenvalue weighted by molar-refractivity contribution is 7.22. The van der Waals surface area contributed by atoms with Crippen molar-refractivity contribution in [1.82, 2.24) is 9.97 Å². The Bertz CT molecular complexity index is 523. The van der Waals surface area contributed by atoms with Gasteiger partial charge in [0.1, 0.15) is 4.70 Å². The third-order valence-corrected chi connectivity index (χ3v) is 2.58. The molecule has 2 aromatic rings. The summed E-state index contributed by atoms with van der Waals surface area (Å²) in [5, 5.41) is 28.4. The van der Waals surface area contributed by atoms with Crippen molar-refractivity contribution in [2.75, 3.05) is 0 Å². The molecule has 0 aliphatic rings. The first kappa shape index (κ1) is 8.63. The van der Waals surface area contributed by atoms with Gasteiger partial charge in [-0.2, -0.15) is 9.97 Å². The predicted molar refractivity (Wildman–Crippen MR) is 47.4 cm³/mol. The molecule has 7 nitrogen and oxygen atoms in total. The molecular weight excluding hydrogens is 210 g/mol. The molecule has 0 atom stereocenters. The molecule has 2 aromatic heterocycles. The van der Waals surface area contributed by atoms with Crippen LogP contribution in [0.5, 0.6) is 11.9 Å². The number of aromatic nitrogens is 2. The van der Waals surface area contributed by atoms with E-state index in [0.29, 0.717) is 0 Å². The summed E-state index contributed by atoms with van der Waals surface area (Å²) in [5.74, 6) is -0.453. The van der Waals surface area contributed by atoms with Crippen molar-refractivity contribution in [3.63, 3.8) is 0 Å². The molecule has 0 aromatic carbocycles. The molecule has 2 rings (SSSR count). The Morgan fingerprint density at radius 3 is 2.79 bits per heavy atom. The zero-order valence-electron chi connectivity index (χ0n) is 6.54. The van der Waals surface area contributed by atoms with E-state index in [9.17, 15) is 15.2 Å². The summed E-state index contributed by atoms with van der Waals surface area (Å²) in [6.07, 6.45) is 0. The van der Waals surface area contributed by atoms with Crippen LogP contribution >= 0.6 is 11.3 Å². The number of nitro groups is 1. The summed E-state index contributed by atoms with van der Waals surface area (Å²) < 4.78 is 0.189. The highest BCUT2D eigenvalue weighted by atomic mass is 32.1. The van der Waals surface area contributed by atoms with Gasteiger partial charge in [-0.25, -0.2) is 0 Å². The lowest BCUT2D eigenvalue weighted by atomic mass is 10.4. The summed E-state index contributed by atoms with van der Waals surface area (Å²) in [6.45, 7) is 0. The van der Waals surface area contributed by atoms with E-state index in [0.717, 1.165) is 11.3 Å². The fourth-order valence-electron chi connectivity index (χ4n) is 0.980. The van der Waals surface area contributed by atoms with Crippen LogP contribution in [0.4, 0.5) is 5.00 Å². The van der Waals surface area contributed by atoms with E-state index in [1.807, 2.05) is 0 Å². The van der Waals surface area contributed by atoms with Gasteiger partial charge in [-0.05, 0) is 0 Å². The van der Waals surface area contributed by atoms with Crippen molar-refractivity contribution < 1.29 is 15.1 Å². The molecule has 2 N–H and O–H groups in total. The van der Waals surface area contributed by atoms with Gasteiger partial charge in [0, 0.05) is 0 Å². The van der Waals surface area contributed by atoms with Gasteiger partial charge >= 0.3 is 11.0 Å². The monoisotopic (exact) mass is 213 g/mol. The Kier molecular flexibility index (Phi) is 1.71. The maximum atomic E-state index is 10.4. The average Bonchev–Trinajstić information content (AvgIpc) is 2.47. The molecule has 8 heteroatoms. The Balaban J connectivity index is 2.76. The standard InChI is InChI=1S/C6H3N3O4S/c10-5-4-2(7-6(11)8-5)1-3(14-4)9(12)13/h1H,(H2,7,8,10,11). The molecule has 0 amide bonds. The van der Waals surface area contributed by atoms with Gasteiger partial charge in [0.25, 0.3) is 0 Å². The largest absolute Gasteiger partial charge is 0.492 e. The van der Waals surface area contributed by atoms with Gasteiger partial charge in [-0.1, -0.05) is 11.3 Å². The molecule has 0 bridgehead atoms. The number of hydrogen-bond donors (Lipinski definition) is 2. The molecule has 0 saturated heterocycles.